The summed E-state index contributed by atoms with van der Waals surface area (Å²) in [6.45, 7) is 6.73. The number of methoxy groups -OCH3 is 1. The second-order valence-electron chi connectivity index (χ2n) is 5.61. The van der Waals surface area contributed by atoms with Crippen LogP contribution in [0.4, 0.5) is 5.69 Å². The van der Waals surface area contributed by atoms with Gasteiger partial charge in [0.15, 0.2) is 0 Å². The third-order valence-electron chi connectivity index (χ3n) is 2.89. The Balaban J connectivity index is 2.66. The average molecular weight is 265 g/mol. The van der Waals surface area contributed by atoms with Crippen LogP contribution in [0.5, 0.6) is 0 Å². The van der Waals surface area contributed by atoms with Crippen LogP contribution in [0.1, 0.15) is 32.8 Å². The summed E-state index contributed by atoms with van der Waals surface area (Å²) in [5, 5.41) is 12.9. The second-order valence-corrected chi connectivity index (χ2v) is 5.61. The molecule has 106 valence electrons. The summed E-state index contributed by atoms with van der Waals surface area (Å²) in [6.07, 6.45) is -0.748. The summed E-state index contributed by atoms with van der Waals surface area (Å²) in [6, 6.07) is 7.99. The van der Waals surface area contributed by atoms with Crippen molar-refractivity contribution < 1.29 is 14.6 Å². The van der Waals surface area contributed by atoms with Gasteiger partial charge in [-0.15, -0.1) is 0 Å². The Hall–Kier alpha value is -1.55. The minimum Gasteiger partial charge on any atom is -0.469 e. The van der Waals surface area contributed by atoms with Crippen molar-refractivity contribution in [1.82, 2.24) is 0 Å². The summed E-state index contributed by atoms with van der Waals surface area (Å²) in [5.74, 6) is -0.404. The number of esters is 1. The van der Waals surface area contributed by atoms with Crippen molar-refractivity contribution in [3.05, 3.63) is 29.8 Å². The maximum Gasteiger partial charge on any atom is 0.308 e. The Morgan fingerprint density at radius 1 is 1.37 bits per heavy atom. The summed E-state index contributed by atoms with van der Waals surface area (Å²) < 4.78 is 4.52. The number of hydrogen-bond acceptors (Lipinski definition) is 4. The lowest BCUT2D eigenvalue weighted by atomic mass is 9.86. The zero-order chi connectivity index (χ0) is 14.5. The van der Waals surface area contributed by atoms with E-state index in [4.69, 9.17) is 0 Å². The molecule has 4 heteroatoms. The fourth-order valence-electron chi connectivity index (χ4n) is 1.87. The van der Waals surface area contributed by atoms with Gasteiger partial charge in [-0.3, -0.25) is 4.79 Å². The summed E-state index contributed by atoms with van der Waals surface area (Å²) in [4.78, 5) is 11.0. The van der Waals surface area contributed by atoms with E-state index in [9.17, 15) is 9.90 Å². The molecule has 1 aromatic carbocycles. The quantitative estimate of drug-likeness (QED) is 0.802. The fourth-order valence-corrected chi connectivity index (χ4v) is 1.87. The van der Waals surface area contributed by atoms with Crippen LogP contribution in [0.15, 0.2) is 24.3 Å². The molecular formula is C15H23NO3. The first-order chi connectivity index (χ1) is 8.84. The zero-order valence-corrected chi connectivity index (χ0v) is 12.1. The van der Waals surface area contributed by atoms with Crippen molar-refractivity contribution in [3.63, 3.8) is 0 Å². The topological polar surface area (TPSA) is 58.6 Å². The predicted molar refractivity (Wildman–Crippen MR) is 76.3 cm³/mol. The molecule has 0 spiro atoms. The van der Waals surface area contributed by atoms with Crippen LogP contribution in [0.3, 0.4) is 0 Å². The van der Waals surface area contributed by atoms with E-state index in [0.717, 1.165) is 5.69 Å². The SMILES string of the molecule is COC(=O)CC(O)CNc1ccccc1C(C)(C)C. The Labute approximate surface area is 114 Å². The highest BCUT2D eigenvalue weighted by atomic mass is 16.5. The minimum absolute atomic E-state index is 0.00118. The molecule has 0 saturated carbocycles. The number of anilines is 1. The summed E-state index contributed by atoms with van der Waals surface area (Å²) in [7, 11) is 1.32. The molecule has 0 heterocycles. The average Bonchev–Trinajstić information content (AvgIpc) is 2.35. The van der Waals surface area contributed by atoms with E-state index in [1.54, 1.807) is 0 Å². The largest absolute Gasteiger partial charge is 0.469 e. The van der Waals surface area contributed by atoms with Crippen LogP contribution >= 0.6 is 0 Å². The van der Waals surface area contributed by atoms with E-state index < -0.39 is 12.1 Å². The number of aliphatic hydroxyl groups is 1. The third-order valence-corrected chi connectivity index (χ3v) is 2.89. The smallest absolute Gasteiger partial charge is 0.308 e. The highest BCUT2D eigenvalue weighted by Gasteiger charge is 2.18. The van der Waals surface area contributed by atoms with Crippen LogP contribution in [0, 0.1) is 0 Å². The number of ether oxygens (including phenoxy) is 1. The number of benzene rings is 1. The Morgan fingerprint density at radius 3 is 2.58 bits per heavy atom. The lowest BCUT2D eigenvalue weighted by molar-refractivity contribution is -0.142. The molecular weight excluding hydrogens is 242 g/mol. The Morgan fingerprint density at radius 2 is 2.00 bits per heavy atom. The van der Waals surface area contributed by atoms with Crippen molar-refractivity contribution in [2.24, 2.45) is 0 Å². The van der Waals surface area contributed by atoms with Crippen molar-refractivity contribution in [2.75, 3.05) is 19.0 Å². The van der Waals surface area contributed by atoms with Gasteiger partial charge in [0.1, 0.15) is 0 Å². The van der Waals surface area contributed by atoms with Gasteiger partial charge in [0, 0.05) is 12.2 Å². The molecule has 0 bridgehead atoms. The molecule has 1 aromatic rings. The number of hydrogen-bond donors (Lipinski definition) is 2. The maximum atomic E-state index is 11.0. The van der Waals surface area contributed by atoms with Crippen molar-refractivity contribution in [2.45, 2.75) is 38.7 Å². The van der Waals surface area contributed by atoms with Crippen LogP contribution in [-0.2, 0) is 14.9 Å². The zero-order valence-electron chi connectivity index (χ0n) is 12.1. The summed E-state index contributed by atoms with van der Waals surface area (Å²) in [5.41, 5.74) is 2.19. The molecule has 0 saturated heterocycles. The normalized spacial score (nSPS) is 12.9. The predicted octanol–water partition coefficient (Wildman–Crippen LogP) is 2.32. The lowest BCUT2D eigenvalue weighted by Crippen LogP contribution is -2.25. The molecule has 4 nitrogen and oxygen atoms in total. The van der Waals surface area contributed by atoms with E-state index in [-0.39, 0.29) is 11.8 Å². The van der Waals surface area contributed by atoms with E-state index in [2.05, 4.69) is 36.9 Å². The van der Waals surface area contributed by atoms with Crippen LogP contribution in [-0.4, -0.2) is 30.8 Å². The third kappa shape index (κ3) is 4.91. The molecule has 0 amide bonds. The van der Waals surface area contributed by atoms with Gasteiger partial charge in [-0.25, -0.2) is 0 Å². The molecule has 2 N–H and O–H groups in total. The molecule has 0 aliphatic rings. The van der Waals surface area contributed by atoms with Gasteiger partial charge in [-0.1, -0.05) is 39.0 Å². The van der Waals surface area contributed by atoms with Crippen molar-refractivity contribution >= 4 is 11.7 Å². The highest BCUT2D eigenvalue weighted by Crippen LogP contribution is 2.29. The number of para-hydroxylation sites is 1. The van der Waals surface area contributed by atoms with Crippen LogP contribution in [0.25, 0.3) is 0 Å². The van der Waals surface area contributed by atoms with Crippen molar-refractivity contribution in [3.8, 4) is 0 Å². The van der Waals surface area contributed by atoms with E-state index in [0.29, 0.717) is 6.54 Å². The first-order valence-corrected chi connectivity index (χ1v) is 6.43. The van der Waals surface area contributed by atoms with Crippen molar-refractivity contribution in [1.29, 1.82) is 0 Å². The molecule has 1 rings (SSSR count). The van der Waals surface area contributed by atoms with Gasteiger partial charge in [0.25, 0.3) is 0 Å². The number of nitrogens with one attached hydrogen (secondary N) is 1. The van der Waals surface area contributed by atoms with E-state index in [1.807, 2.05) is 18.2 Å². The van der Waals surface area contributed by atoms with Gasteiger partial charge in [0.05, 0.1) is 19.6 Å². The molecule has 0 fully saturated rings. The standard InChI is InChI=1S/C15H23NO3/c1-15(2,3)12-7-5-6-8-13(12)16-10-11(17)9-14(18)19-4/h5-8,11,16-17H,9-10H2,1-4H3. The van der Waals surface area contributed by atoms with Gasteiger partial charge >= 0.3 is 5.97 Å². The molecule has 0 radical (unpaired) electrons. The molecule has 0 aliphatic carbocycles. The van der Waals surface area contributed by atoms with Crippen LogP contribution in [0.2, 0.25) is 0 Å². The van der Waals surface area contributed by atoms with Gasteiger partial charge < -0.3 is 15.2 Å². The Bertz CT molecular complexity index is 424. The fraction of sp³-hybridized carbons (Fsp3) is 0.533. The monoisotopic (exact) mass is 265 g/mol. The molecule has 0 aliphatic heterocycles. The number of carbonyl (C=O) groups is 1. The van der Waals surface area contributed by atoms with Gasteiger partial charge in [-0.05, 0) is 17.0 Å². The lowest BCUT2D eigenvalue weighted by Gasteiger charge is -2.24. The van der Waals surface area contributed by atoms with Crippen LogP contribution < -0.4 is 5.32 Å². The first-order valence-electron chi connectivity index (χ1n) is 6.43. The number of rotatable bonds is 5. The molecule has 1 atom stereocenters. The summed E-state index contributed by atoms with van der Waals surface area (Å²) >= 11 is 0. The number of carbonyl (C=O) groups excluding carboxylic acids is 1. The first kappa shape index (κ1) is 15.5. The second kappa shape index (κ2) is 6.57. The molecule has 1 unspecified atom stereocenters. The highest BCUT2D eigenvalue weighted by molar-refractivity contribution is 5.69. The Kier molecular flexibility index (Phi) is 5.36. The van der Waals surface area contributed by atoms with Gasteiger partial charge in [0.2, 0.25) is 0 Å². The number of aliphatic hydroxyl groups excluding tert-OH is 1. The van der Waals surface area contributed by atoms with E-state index in [1.165, 1.54) is 12.7 Å². The minimum atomic E-state index is -0.750. The maximum absolute atomic E-state index is 11.0. The van der Waals surface area contributed by atoms with E-state index >= 15 is 0 Å². The molecule has 19 heavy (non-hydrogen) atoms. The van der Waals surface area contributed by atoms with Gasteiger partial charge in [-0.2, -0.15) is 0 Å². The molecule has 0 aromatic heterocycles.